The van der Waals surface area contributed by atoms with Crippen molar-refractivity contribution in [3.8, 4) is 5.69 Å². The van der Waals surface area contributed by atoms with E-state index in [1.165, 1.54) is 18.2 Å². The molecule has 21 heavy (non-hydrogen) atoms. The predicted octanol–water partition coefficient (Wildman–Crippen LogP) is 3.82. The fourth-order valence-electron chi connectivity index (χ4n) is 2.06. The third-order valence-electron chi connectivity index (χ3n) is 2.95. The lowest BCUT2D eigenvalue weighted by Gasteiger charge is -2.10. The maximum absolute atomic E-state index is 13.9. The summed E-state index contributed by atoms with van der Waals surface area (Å²) in [6, 6.07) is 4.42. The molecular formula is C13H6ClF4N3. The molecular weight excluding hydrogens is 310 g/mol. The summed E-state index contributed by atoms with van der Waals surface area (Å²) >= 11 is 5.81. The number of hydrogen-bond donors (Lipinski definition) is 1. The molecule has 0 aliphatic carbocycles. The number of rotatable bonds is 1. The molecule has 0 saturated heterocycles. The van der Waals surface area contributed by atoms with E-state index in [0.717, 1.165) is 4.57 Å². The zero-order chi connectivity index (χ0) is 15.3. The molecule has 1 heterocycles. The molecule has 0 atom stereocenters. The molecule has 0 aliphatic heterocycles. The molecule has 2 N–H and O–H groups in total. The van der Waals surface area contributed by atoms with E-state index in [2.05, 4.69) is 4.98 Å². The minimum atomic E-state index is -1.57. The van der Waals surface area contributed by atoms with Gasteiger partial charge in [-0.2, -0.15) is 0 Å². The van der Waals surface area contributed by atoms with E-state index in [-0.39, 0.29) is 28.1 Å². The SMILES string of the molecule is Nc1nc2ccc(Cl)cc2n1-c1c(F)c(F)cc(F)c1F. The first kappa shape index (κ1) is 13.7. The van der Waals surface area contributed by atoms with Gasteiger partial charge in [-0.05, 0) is 18.2 Å². The lowest BCUT2D eigenvalue weighted by Crippen LogP contribution is -2.09. The number of benzene rings is 2. The average Bonchev–Trinajstić information content (AvgIpc) is 2.73. The van der Waals surface area contributed by atoms with Crippen molar-refractivity contribution >= 4 is 28.6 Å². The summed E-state index contributed by atoms with van der Waals surface area (Å²) in [5.41, 5.74) is 5.03. The molecule has 0 aliphatic rings. The Hall–Kier alpha value is -2.28. The quantitative estimate of drug-likeness (QED) is 0.548. The molecule has 3 rings (SSSR count). The lowest BCUT2D eigenvalue weighted by atomic mass is 10.2. The molecule has 0 amide bonds. The number of fused-ring (bicyclic) bond motifs is 1. The number of halogens is 5. The first-order chi connectivity index (χ1) is 9.90. The van der Waals surface area contributed by atoms with E-state index in [0.29, 0.717) is 0 Å². The van der Waals surface area contributed by atoms with Crippen molar-refractivity contribution in [3.63, 3.8) is 0 Å². The highest BCUT2D eigenvalue weighted by Crippen LogP contribution is 2.30. The number of nitrogen functional groups attached to an aromatic ring is 1. The van der Waals surface area contributed by atoms with Crippen molar-refractivity contribution in [2.45, 2.75) is 0 Å². The predicted molar refractivity (Wildman–Crippen MR) is 70.3 cm³/mol. The summed E-state index contributed by atoms with van der Waals surface area (Å²) in [7, 11) is 0. The van der Waals surface area contributed by atoms with Crippen LogP contribution in [0.2, 0.25) is 5.02 Å². The van der Waals surface area contributed by atoms with Gasteiger partial charge in [-0.15, -0.1) is 0 Å². The molecule has 0 spiro atoms. The van der Waals surface area contributed by atoms with Gasteiger partial charge in [0, 0.05) is 11.1 Å². The van der Waals surface area contributed by atoms with Crippen molar-refractivity contribution < 1.29 is 17.6 Å². The Bertz CT molecular complexity index is 849. The minimum absolute atomic E-state index is 0.121. The van der Waals surface area contributed by atoms with Crippen LogP contribution in [0.25, 0.3) is 16.7 Å². The zero-order valence-electron chi connectivity index (χ0n) is 10.2. The Morgan fingerprint density at radius 1 is 1.00 bits per heavy atom. The molecule has 2 aromatic carbocycles. The van der Waals surface area contributed by atoms with Crippen LogP contribution in [0.5, 0.6) is 0 Å². The summed E-state index contributed by atoms with van der Waals surface area (Å²) in [5.74, 6) is -6.53. The van der Waals surface area contributed by atoms with Gasteiger partial charge in [-0.25, -0.2) is 22.5 Å². The molecule has 0 saturated carbocycles. The molecule has 3 aromatic rings. The second kappa shape index (κ2) is 4.63. The van der Waals surface area contributed by atoms with Gasteiger partial charge in [0.1, 0.15) is 5.69 Å². The van der Waals surface area contributed by atoms with Crippen molar-refractivity contribution in [2.24, 2.45) is 0 Å². The fraction of sp³-hybridized carbons (Fsp3) is 0. The maximum atomic E-state index is 13.9. The number of nitrogens with two attached hydrogens (primary N) is 1. The zero-order valence-corrected chi connectivity index (χ0v) is 10.9. The number of imidazole rings is 1. The van der Waals surface area contributed by atoms with Crippen molar-refractivity contribution in [1.29, 1.82) is 0 Å². The lowest BCUT2D eigenvalue weighted by molar-refractivity contribution is 0.449. The second-order valence-electron chi connectivity index (χ2n) is 4.26. The monoisotopic (exact) mass is 315 g/mol. The van der Waals surface area contributed by atoms with Gasteiger partial charge in [0.2, 0.25) is 5.95 Å². The summed E-state index contributed by atoms with van der Waals surface area (Å²) in [6.07, 6.45) is 0. The van der Waals surface area contributed by atoms with Gasteiger partial charge in [-0.1, -0.05) is 11.6 Å². The first-order valence-corrected chi connectivity index (χ1v) is 6.04. The van der Waals surface area contributed by atoms with Gasteiger partial charge in [0.15, 0.2) is 23.3 Å². The van der Waals surface area contributed by atoms with Crippen LogP contribution in [-0.4, -0.2) is 9.55 Å². The molecule has 0 unspecified atom stereocenters. The minimum Gasteiger partial charge on any atom is -0.369 e. The Labute approximate surface area is 120 Å². The van der Waals surface area contributed by atoms with E-state index in [4.69, 9.17) is 17.3 Å². The largest absolute Gasteiger partial charge is 0.369 e. The van der Waals surface area contributed by atoms with Crippen LogP contribution < -0.4 is 5.73 Å². The summed E-state index contributed by atoms with van der Waals surface area (Å²) < 4.78 is 55.2. The van der Waals surface area contributed by atoms with Crippen LogP contribution in [0.15, 0.2) is 24.3 Å². The molecule has 108 valence electrons. The number of anilines is 1. The van der Waals surface area contributed by atoms with Crippen LogP contribution in [0.4, 0.5) is 23.5 Å². The third-order valence-corrected chi connectivity index (χ3v) is 3.19. The normalized spacial score (nSPS) is 11.3. The highest BCUT2D eigenvalue weighted by Gasteiger charge is 2.24. The van der Waals surface area contributed by atoms with Gasteiger partial charge in [-0.3, -0.25) is 4.57 Å². The topological polar surface area (TPSA) is 43.8 Å². The molecule has 8 heteroatoms. The number of hydrogen-bond acceptors (Lipinski definition) is 2. The molecule has 0 radical (unpaired) electrons. The Balaban J connectivity index is 2.46. The summed E-state index contributed by atoms with van der Waals surface area (Å²) in [4.78, 5) is 3.88. The van der Waals surface area contributed by atoms with Crippen LogP contribution >= 0.6 is 11.6 Å². The average molecular weight is 316 g/mol. The number of nitrogens with zero attached hydrogens (tertiary/aromatic N) is 2. The molecule has 3 nitrogen and oxygen atoms in total. The third kappa shape index (κ3) is 2.01. The Kier molecular flexibility index (Phi) is 3.02. The van der Waals surface area contributed by atoms with E-state index in [9.17, 15) is 17.6 Å². The Morgan fingerprint density at radius 3 is 2.24 bits per heavy atom. The highest BCUT2D eigenvalue weighted by molar-refractivity contribution is 6.31. The van der Waals surface area contributed by atoms with Gasteiger partial charge in [0.05, 0.1) is 11.0 Å². The van der Waals surface area contributed by atoms with Gasteiger partial charge < -0.3 is 5.73 Å². The summed E-state index contributed by atoms with van der Waals surface area (Å²) in [5, 5.41) is 0.251. The van der Waals surface area contributed by atoms with Crippen LogP contribution in [0.3, 0.4) is 0 Å². The van der Waals surface area contributed by atoms with Crippen molar-refractivity contribution in [2.75, 3.05) is 5.73 Å². The second-order valence-corrected chi connectivity index (χ2v) is 4.69. The van der Waals surface area contributed by atoms with E-state index in [1.807, 2.05) is 0 Å². The molecule has 0 fully saturated rings. The first-order valence-electron chi connectivity index (χ1n) is 5.67. The Morgan fingerprint density at radius 2 is 1.62 bits per heavy atom. The molecule has 1 aromatic heterocycles. The smallest absolute Gasteiger partial charge is 0.206 e. The molecule has 0 bridgehead atoms. The van der Waals surface area contributed by atoms with E-state index >= 15 is 0 Å². The fourth-order valence-corrected chi connectivity index (χ4v) is 2.23. The van der Waals surface area contributed by atoms with Crippen LogP contribution in [0, 0.1) is 23.3 Å². The van der Waals surface area contributed by atoms with Crippen molar-refractivity contribution in [3.05, 3.63) is 52.6 Å². The highest BCUT2D eigenvalue weighted by atomic mass is 35.5. The van der Waals surface area contributed by atoms with Crippen LogP contribution in [-0.2, 0) is 0 Å². The standard InChI is InChI=1S/C13H6ClF4N3/c14-5-1-2-8-9(3-5)21(13(19)20-8)12-10(17)6(15)4-7(16)11(12)18/h1-4H,(H2,19,20). The number of aromatic nitrogens is 2. The summed E-state index contributed by atoms with van der Waals surface area (Å²) in [6.45, 7) is 0. The van der Waals surface area contributed by atoms with E-state index in [1.54, 1.807) is 0 Å². The van der Waals surface area contributed by atoms with Crippen LogP contribution in [0.1, 0.15) is 0 Å². The van der Waals surface area contributed by atoms with Crippen molar-refractivity contribution in [1.82, 2.24) is 9.55 Å². The maximum Gasteiger partial charge on any atom is 0.206 e. The van der Waals surface area contributed by atoms with E-state index < -0.39 is 29.0 Å². The van der Waals surface area contributed by atoms with Gasteiger partial charge >= 0.3 is 0 Å². The van der Waals surface area contributed by atoms with Gasteiger partial charge in [0.25, 0.3) is 0 Å².